The zero-order valence-electron chi connectivity index (χ0n) is 18.1. The number of aryl methyl sites for hydroxylation is 1. The molecule has 0 atom stereocenters. The molecular formula is C25H22N4O3S. The number of phenols is 1. The Balaban J connectivity index is 1.57. The van der Waals surface area contributed by atoms with Crippen molar-refractivity contribution >= 4 is 34.3 Å². The van der Waals surface area contributed by atoms with E-state index in [1.807, 2.05) is 37.3 Å². The zero-order chi connectivity index (χ0) is 23.4. The minimum atomic E-state index is -0.323. The van der Waals surface area contributed by atoms with Crippen molar-refractivity contribution in [2.75, 3.05) is 5.75 Å². The molecule has 0 saturated carbocycles. The molecule has 1 heterocycles. The number of nitrogens with one attached hydrogen (secondary N) is 1. The number of carbonyl (C=O) groups excluding carboxylic acids is 1. The van der Waals surface area contributed by atoms with Crippen LogP contribution in [0.5, 0.6) is 5.75 Å². The maximum atomic E-state index is 13.2. The van der Waals surface area contributed by atoms with Crippen LogP contribution in [-0.4, -0.2) is 32.0 Å². The highest BCUT2D eigenvalue weighted by atomic mass is 32.2. The molecular weight excluding hydrogens is 436 g/mol. The number of hydrogen-bond donors (Lipinski definition) is 2. The van der Waals surface area contributed by atoms with Crippen LogP contribution in [0.2, 0.25) is 0 Å². The largest absolute Gasteiger partial charge is 0.508 e. The maximum Gasteiger partial charge on any atom is 0.266 e. The molecule has 0 bridgehead atoms. The molecule has 0 spiro atoms. The van der Waals surface area contributed by atoms with Crippen LogP contribution in [-0.2, 0) is 4.79 Å². The summed E-state index contributed by atoms with van der Waals surface area (Å²) in [6.07, 6.45) is 0. The second-order valence-electron chi connectivity index (χ2n) is 7.46. The topological polar surface area (TPSA) is 96.6 Å². The molecule has 0 aliphatic rings. The summed E-state index contributed by atoms with van der Waals surface area (Å²) in [5, 5.41) is 14.5. The Kier molecular flexibility index (Phi) is 6.55. The number of aromatic nitrogens is 2. The van der Waals surface area contributed by atoms with Crippen LogP contribution >= 0.6 is 11.8 Å². The number of aromatic hydroxyl groups is 1. The van der Waals surface area contributed by atoms with Crippen molar-refractivity contribution in [1.29, 1.82) is 0 Å². The summed E-state index contributed by atoms with van der Waals surface area (Å²) in [6.45, 7) is 3.74. The number of para-hydroxylation sites is 1. The van der Waals surface area contributed by atoms with Crippen molar-refractivity contribution in [3.8, 4) is 11.4 Å². The first-order chi connectivity index (χ1) is 15.9. The van der Waals surface area contributed by atoms with Gasteiger partial charge in [0.1, 0.15) is 5.75 Å². The quantitative estimate of drug-likeness (QED) is 0.197. The Morgan fingerprint density at radius 1 is 1.06 bits per heavy atom. The van der Waals surface area contributed by atoms with E-state index in [4.69, 9.17) is 0 Å². The third-order valence-corrected chi connectivity index (χ3v) is 5.94. The number of fused-ring (bicyclic) bond motifs is 1. The lowest BCUT2D eigenvalue weighted by atomic mass is 10.1. The number of benzene rings is 3. The number of nitrogens with zero attached hydrogens (tertiary/aromatic N) is 3. The fraction of sp³-hybridized carbons (Fsp3) is 0.120. The van der Waals surface area contributed by atoms with Crippen molar-refractivity contribution < 1.29 is 9.90 Å². The van der Waals surface area contributed by atoms with Gasteiger partial charge in [0.05, 0.1) is 28.1 Å². The lowest BCUT2D eigenvalue weighted by Gasteiger charge is -2.13. The molecule has 0 radical (unpaired) electrons. The predicted octanol–water partition coefficient (Wildman–Crippen LogP) is 4.03. The zero-order valence-corrected chi connectivity index (χ0v) is 19.0. The molecule has 0 aliphatic carbocycles. The van der Waals surface area contributed by atoms with Gasteiger partial charge >= 0.3 is 0 Å². The van der Waals surface area contributed by atoms with E-state index in [-0.39, 0.29) is 23.0 Å². The molecule has 166 valence electrons. The fourth-order valence-electron chi connectivity index (χ4n) is 3.21. The normalized spacial score (nSPS) is 11.5. The molecule has 0 saturated heterocycles. The fourth-order valence-corrected chi connectivity index (χ4v) is 4.01. The Hall–Kier alpha value is -3.91. The Bertz CT molecular complexity index is 1390. The van der Waals surface area contributed by atoms with Gasteiger partial charge in [0, 0.05) is 0 Å². The van der Waals surface area contributed by atoms with Gasteiger partial charge in [-0.05, 0) is 67.9 Å². The molecule has 0 aliphatic heterocycles. The van der Waals surface area contributed by atoms with Gasteiger partial charge in [-0.15, -0.1) is 0 Å². The Labute approximate surface area is 194 Å². The number of carbonyl (C=O) groups is 1. The van der Waals surface area contributed by atoms with Crippen LogP contribution in [0.1, 0.15) is 18.1 Å². The van der Waals surface area contributed by atoms with Crippen LogP contribution in [0.4, 0.5) is 0 Å². The molecule has 1 amide bonds. The van der Waals surface area contributed by atoms with E-state index in [0.717, 1.165) is 11.1 Å². The summed E-state index contributed by atoms with van der Waals surface area (Å²) in [7, 11) is 0. The third kappa shape index (κ3) is 5.12. The van der Waals surface area contributed by atoms with E-state index in [1.54, 1.807) is 49.4 Å². The van der Waals surface area contributed by atoms with Gasteiger partial charge in [-0.3, -0.25) is 14.2 Å². The van der Waals surface area contributed by atoms with Gasteiger partial charge < -0.3 is 5.11 Å². The number of amides is 1. The second-order valence-corrected chi connectivity index (χ2v) is 8.40. The average molecular weight is 459 g/mol. The lowest BCUT2D eigenvalue weighted by molar-refractivity contribution is -0.118. The van der Waals surface area contributed by atoms with Crippen molar-refractivity contribution in [3.05, 3.63) is 94.3 Å². The SMILES string of the molecule is C/C(=N\NC(=O)CSc1nc2ccccc2c(=O)n1-c1ccc(C)cc1)c1ccc(O)cc1. The van der Waals surface area contributed by atoms with E-state index in [9.17, 15) is 14.7 Å². The third-order valence-electron chi connectivity index (χ3n) is 5.00. The van der Waals surface area contributed by atoms with E-state index in [2.05, 4.69) is 15.5 Å². The maximum absolute atomic E-state index is 13.2. The number of phenolic OH excluding ortho intramolecular Hbond substituents is 1. The molecule has 3 aromatic carbocycles. The number of hydrogen-bond acceptors (Lipinski definition) is 6. The van der Waals surface area contributed by atoms with Crippen molar-refractivity contribution in [1.82, 2.24) is 15.0 Å². The first-order valence-electron chi connectivity index (χ1n) is 10.3. The molecule has 2 N–H and O–H groups in total. The first kappa shape index (κ1) is 22.3. The van der Waals surface area contributed by atoms with Crippen LogP contribution < -0.4 is 11.0 Å². The molecule has 0 fully saturated rings. The number of rotatable bonds is 6. The van der Waals surface area contributed by atoms with Crippen molar-refractivity contribution in [3.63, 3.8) is 0 Å². The molecule has 0 unspecified atom stereocenters. The number of thioether (sulfide) groups is 1. The second kappa shape index (κ2) is 9.70. The van der Waals surface area contributed by atoms with Gasteiger partial charge in [0.2, 0.25) is 0 Å². The average Bonchev–Trinajstić information content (AvgIpc) is 2.82. The standard InChI is InChI=1S/C25H22N4O3S/c1-16-7-11-19(12-8-16)29-24(32)21-5-3-4-6-22(21)26-25(29)33-15-23(31)28-27-17(2)18-9-13-20(30)14-10-18/h3-14,30H,15H2,1-2H3,(H,28,31)/b27-17+. The summed E-state index contributed by atoms with van der Waals surface area (Å²) < 4.78 is 1.53. The molecule has 1 aromatic heterocycles. The minimum absolute atomic E-state index is 0.0308. The van der Waals surface area contributed by atoms with Gasteiger partial charge in [0.15, 0.2) is 5.16 Å². The summed E-state index contributed by atoms with van der Waals surface area (Å²) in [6, 6.07) is 21.3. The molecule has 7 nitrogen and oxygen atoms in total. The van der Waals surface area contributed by atoms with E-state index in [0.29, 0.717) is 27.5 Å². The minimum Gasteiger partial charge on any atom is -0.508 e. The lowest BCUT2D eigenvalue weighted by Crippen LogP contribution is -2.24. The highest BCUT2D eigenvalue weighted by molar-refractivity contribution is 7.99. The summed E-state index contributed by atoms with van der Waals surface area (Å²) >= 11 is 1.17. The van der Waals surface area contributed by atoms with Gasteiger partial charge in [-0.1, -0.05) is 41.6 Å². The highest BCUT2D eigenvalue weighted by Gasteiger charge is 2.14. The smallest absolute Gasteiger partial charge is 0.266 e. The van der Waals surface area contributed by atoms with Crippen LogP contribution in [0.25, 0.3) is 16.6 Å². The van der Waals surface area contributed by atoms with Crippen molar-refractivity contribution in [2.45, 2.75) is 19.0 Å². The predicted molar refractivity (Wildman–Crippen MR) is 131 cm³/mol. The van der Waals surface area contributed by atoms with E-state index >= 15 is 0 Å². The first-order valence-corrected chi connectivity index (χ1v) is 11.2. The van der Waals surface area contributed by atoms with Gasteiger partial charge in [0.25, 0.3) is 11.5 Å². The molecule has 33 heavy (non-hydrogen) atoms. The Morgan fingerprint density at radius 2 is 1.76 bits per heavy atom. The van der Waals surface area contributed by atoms with Gasteiger partial charge in [-0.2, -0.15) is 5.10 Å². The monoisotopic (exact) mass is 458 g/mol. The van der Waals surface area contributed by atoms with Crippen LogP contribution in [0.15, 0.2) is 87.8 Å². The Morgan fingerprint density at radius 3 is 2.48 bits per heavy atom. The summed E-state index contributed by atoms with van der Waals surface area (Å²) in [5.41, 5.74) is 6.08. The number of hydrazone groups is 1. The molecule has 4 aromatic rings. The van der Waals surface area contributed by atoms with E-state index in [1.165, 1.54) is 16.3 Å². The molecule has 4 rings (SSSR count). The highest BCUT2D eigenvalue weighted by Crippen LogP contribution is 2.21. The molecule has 8 heteroatoms. The summed E-state index contributed by atoms with van der Waals surface area (Å²) in [4.78, 5) is 30.3. The van der Waals surface area contributed by atoms with Gasteiger partial charge in [-0.25, -0.2) is 10.4 Å². The summed E-state index contributed by atoms with van der Waals surface area (Å²) in [5.74, 6) is -0.131. The van der Waals surface area contributed by atoms with Crippen LogP contribution in [0, 0.1) is 6.92 Å². The van der Waals surface area contributed by atoms with E-state index < -0.39 is 0 Å². The van der Waals surface area contributed by atoms with Crippen LogP contribution in [0.3, 0.4) is 0 Å². The van der Waals surface area contributed by atoms with Crippen molar-refractivity contribution in [2.24, 2.45) is 5.10 Å².